The Morgan fingerprint density at radius 3 is 3.07 bits per heavy atom. The van der Waals surface area contributed by atoms with Crippen LogP contribution >= 0.6 is 15.9 Å². The molecule has 0 spiro atoms. The summed E-state index contributed by atoms with van der Waals surface area (Å²) < 4.78 is 5.31. The van der Waals surface area contributed by atoms with Gasteiger partial charge in [-0.25, -0.2) is 0 Å². The molecule has 15 heavy (non-hydrogen) atoms. The fourth-order valence-electron chi connectivity index (χ4n) is 1.71. The molecule has 0 bridgehead atoms. The van der Waals surface area contributed by atoms with E-state index in [0.717, 1.165) is 29.5 Å². The van der Waals surface area contributed by atoms with Gasteiger partial charge < -0.3 is 4.74 Å². The molecule has 1 aromatic rings. The molecule has 1 atom stereocenters. The highest BCUT2D eigenvalue weighted by molar-refractivity contribution is 9.08. The van der Waals surface area contributed by atoms with Crippen molar-refractivity contribution in [2.75, 3.05) is 0 Å². The van der Waals surface area contributed by atoms with E-state index in [9.17, 15) is 4.79 Å². The first-order chi connectivity index (χ1) is 7.20. The fourth-order valence-corrected chi connectivity index (χ4v) is 2.06. The monoisotopic (exact) mass is 268 g/mol. The molecule has 0 N–H and O–H groups in total. The molecule has 0 radical (unpaired) electrons. The summed E-state index contributed by atoms with van der Waals surface area (Å²) in [5.74, 6) is 0.624. The summed E-state index contributed by atoms with van der Waals surface area (Å²) in [6, 6.07) is 5.98. The maximum absolute atomic E-state index is 11.5. The molecule has 2 nitrogen and oxygen atoms in total. The van der Waals surface area contributed by atoms with Gasteiger partial charge in [-0.05, 0) is 30.0 Å². The van der Waals surface area contributed by atoms with Gasteiger partial charge in [-0.1, -0.05) is 35.0 Å². The summed E-state index contributed by atoms with van der Waals surface area (Å²) in [5, 5.41) is 0.837. The van der Waals surface area contributed by atoms with E-state index in [1.54, 1.807) is 0 Å². The quantitative estimate of drug-likeness (QED) is 0.445. The molecule has 0 amide bonds. The summed E-state index contributed by atoms with van der Waals surface area (Å²) in [7, 11) is 0. The van der Waals surface area contributed by atoms with E-state index in [4.69, 9.17) is 4.74 Å². The van der Waals surface area contributed by atoms with Crippen LogP contribution in [-0.4, -0.2) is 5.97 Å². The summed E-state index contributed by atoms with van der Waals surface area (Å²) in [4.78, 5) is 11.5. The summed E-state index contributed by atoms with van der Waals surface area (Å²) in [6.07, 6.45) is 1.79. The molecule has 1 aliphatic heterocycles. The first kappa shape index (κ1) is 10.7. The highest BCUT2D eigenvalue weighted by Gasteiger charge is 2.21. The Kier molecular flexibility index (Phi) is 3.10. The lowest BCUT2D eigenvalue weighted by atomic mass is 10.0. The number of alkyl halides is 1. The van der Waals surface area contributed by atoms with Crippen LogP contribution in [0.2, 0.25) is 0 Å². The van der Waals surface area contributed by atoms with Crippen LogP contribution < -0.4 is 4.74 Å². The van der Waals surface area contributed by atoms with Crippen molar-refractivity contribution in [2.24, 2.45) is 5.92 Å². The molecule has 0 aromatic heterocycles. The molecule has 0 aliphatic carbocycles. The molecule has 2 rings (SSSR count). The number of benzene rings is 1. The van der Waals surface area contributed by atoms with Crippen molar-refractivity contribution in [1.29, 1.82) is 0 Å². The van der Waals surface area contributed by atoms with Crippen LogP contribution in [0.15, 0.2) is 18.2 Å². The smallest absolute Gasteiger partial charge is 0.314 e. The van der Waals surface area contributed by atoms with Crippen molar-refractivity contribution in [1.82, 2.24) is 0 Å². The van der Waals surface area contributed by atoms with Gasteiger partial charge in [0.25, 0.3) is 0 Å². The Bertz CT molecular complexity index is 387. The average molecular weight is 269 g/mol. The van der Waals surface area contributed by atoms with E-state index >= 15 is 0 Å². The summed E-state index contributed by atoms with van der Waals surface area (Å²) in [6.45, 7) is 1.92. The third-order valence-corrected chi connectivity index (χ3v) is 3.39. The maximum atomic E-state index is 11.5. The molecule has 80 valence electrons. The van der Waals surface area contributed by atoms with Gasteiger partial charge in [0.1, 0.15) is 5.75 Å². The second-order valence-electron chi connectivity index (χ2n) is 3.94. The lowest BCUT2D eigenvalue weighted by Crippen LogP contribution is -2.15. The second-order valence-corrected chi connectivity index (χ2v) is 4.50. The van der Waals surface area contributed by atoms with Gasteiger partial charge >= 0.3 is 5.97 Å². The van der Waals surface area contributed by atoms with Gasteiger partial charge in [0, 0.05) is 5.33 Å². The molecule has 3 heteroatoms. The van der Waals surface area contributed by atoms with Crippen molar-refractivity contribution in [3.05, 3.63) is 29.3 Å². The average Bonchev–Trinajstić information content (AvgIpc) is 2.39. The zero-order valence-corrected chi connectivity index (χ0v) is 10.2. The zero-order chi connectivity index (χ0) is 10.8. The highest BCUT2D eigenvalue weighted by Crippen LogP contribution is 2.28. The number of halogens is 1. The van der Waals surface area contributed by atoms with Gasteiger partial charge in [-0.2, -0.15) is 0 Å². The molecule has 1 aromatic carbocycles. The Balaban J connectivity index is 2.34. The van der Waals surface area contributed by atoms with Gasteiger partial charge in [0.15, 0.2) is 0 Å². The van der Waals surface area contributed by atoms with Crippen molar-refractivity contribution < 1.29 is 9.53 Å². The maximum Gasteiger partial charge on any atom is 0.314 e. The number of ether oxygens (including phenoxy) is 1. The molecule has 1 unspecified atom stereocenters. The van der Waals surface area contributed by atoms with Crippen molar-refractivity contribution in [2.45, 2.75) is 25.1 Å². The van der Waals surface area contributed by atoms with E-state index in [2.05, 4.69) is 22.0 Å². The molecule has 1 aliphatic rings. The second kappa shape index (κ2) is 4.35. The Labute approximate surface area is 97.8 Å². The van der Waals surface area contributed by atoms with Crippen LogP contribution in [-0.2, 0) is 16.5 Å². The minimum Gasteiger partial charge on any atom is -0.426 e. The van der Waals surface area contributed by atoms with Crippen molar-refractivity contribution in [3.63, 3.8) is 0 Å². The number of aryl methyl sites for hydroxylation is 1. The number of carbonyl (C=O) groups is 1. The van der Waals surface area contributed by atoms with E-state index in [1.807, 2.05) is 19.1 Å². The molecule has 0 saturated carbocycles. The Morgan fingerprint density at radius 1 is 1.53 bits per heavy atom. The van der Waals surface area contributed by atoms with E-state index in [1.165, 1.54) is 5.56 Å². The number of rotatable bonds is 1. The minimum absolute atomic E-state index is 0.00446. The van der Waals surface area contributed by atoms with Gasteiger partial charge in [0.2, 0.25) is 0 Å². The van der Waals surface area contributed by atoms with Crippen LogP contribution in [0.5, 0.6) is 5.75 Å². The van der Waals surface area contributed by atoms with Crippen LogP contribution in [0.4, 0.5) is 0 Å². The summed E-state index contributed by atoms with van der Waals surface area (Å²) >= 11 is 3.42. The van der Waals surface area contributed by atoms with Crippen LogP contribution in [0.1, 0.15) is 24.5 Å². The predicted octanol–water partition coefficient (Wildman–Crippen LogP) is 3.07. The first-order valence-electron chi connectivity index (χ1n) is 5.10. The normalized spacial score (nSPS) is 20.4. The third kappa shape index (κ3) is 2.23. The highest BCUT2D eigenvalue weighted by atomic mass is 79.9. The van der Waals surface area contributed by atoms with Crippen molar-refractivity contribution >= 4 is 21.9 Å². The number of carbonyl (C=O) groups excluding carboxylic acids is 1. The number of hydrogen-bond donors (Lipinski definition) is 0. The Morgan fingerprint density at radius 2 is 2.33 bits per heavy atom. The Hall–Kier alpha value is -0.830. The standard InChI is InChI=1S/C12H13BrO2/c1-8-2-4-10-6-9(7-13)3-5-11(10)15-12(8)14/h3,5-6,8H,2,4,7H2,1H3. The van der Waals surface area contributed by atoms with Gasteiger partial charge in [-0.3, -0.25) is 4.79 Å². The molecule has 0 saturated heterocycles. The van der Waals surface area contributed by atoms with E-state index in [0.29, 0.717) is 0 Å². The zero-order valence-electron chi connectivity index (χ0n) is 8.63. The van der Waals surface area contributed by atoms with Crippen molar-refractivity contribution in [3.8, 4) is 5.75 Å². The number of hydrogen-bond acceptors (Lipinski definition) is 2. The minimum atomic E-state index is -0.111. The summed E-state index contributed by atoms with van der Waals surface area (Å²) in [5.41, 5.74) is 2.36. The van der Waals surface area contributed by atoms with Crippen LogP contribution in [0.25, 0.3) is 0 Å². The fraction of sp³-hybridized carbons (Fsp3) is 0.417. The first-order valence-corrected chi connectivity index (χ1v) is 6.22. The van der Waals surface area contributed by atoms with Gasteiger partial charge in [-0.15, -0.1) is 0 Å². The molecule has 1 heterocycles. The topological polar surface area (TPSA) is 26.3 Å². The lowest BCUT2D eigenvalue weighted by molar-refractivity contribution is -0.138. The van der Waals surface area contributed by atoms with E-state index < -0.39 is 0 Å². The third-order valence-electron chi connectivity index (χ3n) is 2.74. The number of esters is 1. The SMILES string of the molecule is CC1CCc2cc(CBr)ccc2OC1=O. The van der Waals surface area contributed by atoms with Crippen LogP contribution in [0, 0.1) is 5.92 Å². The van der Waals surface area contributed by atoms with Gasteiger partial charge in [0.05, 0.1) is 5.92 Å². The largest absolute Gasteiger partial charge is 0.426 e. The predicted molar refractivity (Wildman–Crippen MR) is 62.2 cm³/mol. The molecule has 0 fully saturated rings. The van der Waals surface area contributed by atoms with Crippen LogP contribution in [0.3, 0.4) is 0 Å². The molecular weight excluding hydrogens is 256 g/mol. The molecular formula is C12H13BrO2. The van der Waals surface area contributed by atoms with E-state index in [-0.39, 0.29) is 11.9 Å². The number of fused-ring (bicyclic) bond motifs is 1. The lowest BCUT2D eigenvalue weighted by Gasteiger charge is -2.07.